The second-order valence-corrected chi connectivity index (χ2v) is 6.84. The molecule has 5 nitrogen and oxygen atoms in total. The number of nitrogens with zero attached hydrogens (tertiary/aromatic N) is 1. The average molecular weight is 308 g/mol. The number of carbonyl (C=O) groups is 2. The summed E-state index contributed by atoms with van der Waals surface area (Å²) in [6, 6.07) is 8.85. The summed E-state index contributed by atoms with van der Waals surface area (Å²) < 4.78 is 11.3. The van der Waals surface area contributed by atoms with Gasteiger partial charge in [-0.25, -0.2) is 0 Å². The van der Waals surface area contributed by atoms with E-state index < -0.39 is 16.8 Å². The van der Waals surface area contributed by atoms with Gasteiger partial charge >= 0.3 is 0 Å². The predicted octanol–water partition coefficient (Wildman–Crippen LogP) is 0.323. The molecule has 0 bridgehead atoms. The zero-order valence-corrected chi connectivity index (χ0v) is 13.1. The summed E-state index contributed by atoms with van der Waals surface area (Å²) in [5.41, 5.74) is 1.00. The van der Waals surface area contributed by atoms with Gasteiger partial charge in [-0.05, 0) is 12.5 Å². The third-order valence-corrected chi connectivity index (χ3v) is 4.47. The Hall–Kier alpha value is -1.69. The van der Waals surface area contributed by atoms with Crippen LogP contribution in [0.3, 0.4) is 0 Å². The molecule has 1 aliphatic rings. The lowest BCUT2D eigenvalue weighted by molar-refractivity contribution is -0.145. The monoisotopic (exact) mass is 308 g/mol. The van der Waals surface area contributed by atoms with Gasteiger partial charge in [-0.15, -0.1) is 0 Å². The highest BCUT2D eigenvalue weighted by Crippen LogP contribution is 2.12. The van der Waals surface area contributed by atoms with Crippen molar-refractivity contribution in [3.63, 3.8) is 0 Å². The minimum absolute atomic E-state index is 0.0441. The van der Waals surface area contributed by atoms with Crippen molar-refractivity contribution in [2.24, 2.45) is 0 Å². The van der Waals surface area contributed by atoms with Gasteiger partial charge < -0.3 is 10.2 Å². The molecule has 0 radical (unpaired) electrons. The Morgan fingerprint density at radius 1 is 1.33 bits per heavy atom. The molecule has 1 aliphatic heterocycles. The summed E-state index contributed by atoms with van der Waals surface area (Å²) >= 11 is 0. The molecule has 0 saturated carbocycles. The van der Waals surface area contributed by atoms with Crippen LogP contribution in [-0.2, 0) is 26.8 Å². The van der Waals surface area contributed by atoms with Crippen LogP contribution in [0.1, 0.15) is 12.5 Å². The third kappa shape index (κ3) is 4.14. The molecule has 6 heteroatoms. The normalized spacial score (nSPS) is 21.8. The van der Waals surface area contributed by atoms with E-state index in [1.54, 1.807) is 6.26 Å². The fourth-order valence-electron chi connectivity index (χ4n) is 2.53. The van der Waals surface area contributed by atoms with Crippen LogP contribution < -0.4 is 5.32 Å². The quantitative estimate of drug-likeness (QED) is 0.852. The summed E-state index contributed by atoms with van der Waals surface area (Å²) in [6.45, 7) is 1.87. The molecule has 0 spiro atoms. The lowest BCUT2D eigenvalue weighted by Gasteiger charge is -2.36. The predicted molar refractivity (Wildman–Crippen MR) is 82.2 cm³/mol. The molecule has 3 unspecified atom stereocenters. The minimum Gasteiger partial charge on any atom is -0.342 e. The number of nitrogens with one attached hydrogen (secondary N) is 1. The molecule has 1 heterocycles. The van der Waals surface area contributed by atoms with Gasteiger partial charge in [0.05, 0.1) is 6.54 Å². The van der Waals surface area contributed by atoms with Crippen LogP contribution in [0.2, 0.25) is 0 Å². The highest BCUT2D eigenvalue weighted by atomic mass is 32.2. The molecule has 114 valence electrons. The van der Waals surface area contributed by atoms with Crippen molar-refractivity contribution in [1.82, 2.24) is 10.2 Å². The first-order chi connectivity index (χ1) is 9.97. The van der Waals surface area contributed by atoms with Crippen molar-refractivity contribution in [3.8, 4) is 0 Å². The van der Waals surface area contributed by atoms with Crippen molar-refractivity contribution < 1.29 is 13.8 Å². The van der Waals surface area contributed by atoms with Crippen molar-refractivity contribution >= 4 is 22.6 Å². The van der Waals surface area contributed by atoms with Gasteiger partial charge in [0.2, 0.25) is 11.8 Å². The number of amides is 2. The maximum atomic E-state index is 12.5. The lowest BCUT2D eigenvalue weighted by Crippen LogP contribution is -2.61. The van der Waals surface area contributed by atoms with Gasteiger partial charge in [0.25, 0.3) is 0 Å². The molecular formula is C15H20N2O3S. The Morgan fingerprint density at radius 2 is 2.00 bits per heavy atom. The molecule has 1 N–H and O–H groups in total. The van der Waals surface area contributed by atoms with Crippen molar-refractivity contribution in [3.05, 3.63) is 35.9 Å². The smallest absolute Gasteiger partial charge is 0.246 e. The summed E-state index contributed by atoms with van der Waals surface area (Å²) in [6.07, 6.45) is 2.08. The maximum Gasteiger partial charge on any atom is 0.246 e. The van der Waals surface area contributed by atoms with Gasteiger partial charge in [0, 0.05) is 35.3 Å². The molecule has 3 atom stereocenters. The Bertz CT molecular complexity index is 547. The minimum atomic E-state index is -0.998. The largest absolute Gasteiger partial charge is 0.342 e. The topological polar surface area (TPSA) is 66.5 Å². The highest BCUT2D eigenvalue weighted by molar-refractivity contribution is 7.84. The Kier molecular flexibility index (Phi) is 5.12. The van der Waals surface area contributed by atoms with E-state index in [0.717, 1.165) is 5.56 Å². The zero-order chi connectivity index (χ0) is 15.4. The second kappa shape index (κ2) is 6.85. The van der Waals surface area contributed by atoms with E-state index in [-0.39, 0.29) is 24.4 Å². The van der Waals surface area contributed by atoms with E-state index in [4.69, 9.17) is 0 Å². The van der Waals surface area contributed by atoms with Gasteiger partial charge in [0.1, 0.15) is 6.04 Å². The van der Waals surface area contributed by atoms with E-state index in [1.165, 1.54) is 4.90 Å². The maximum absolute atomic E-state index is 12.5. The molecule has 2 rings (SSSR count). The average Bonchev–Trinajstić information content (AvgIpc) is 2.42. The summed E-state index contributed by atoms with van der Waals surface area (Å²) in [4.78, 5) is 25.9. The first-order valence-electron chi connectivity index (χ1n) is 6.91. The van der Waals surface area contributed by atoms with Crippen LogP contribution in [0.4, 0.5) is 0 Å². The van der Waals surface area contributed by atoms with Gasteiger partial charge in [-0.1, -0.05) is 30.3 Å². The SMILES string of the molecule is CC(CS(C)=O)N1CC(=O)NC(Cc2ccccc2)C1=O. The van der Waals surface area contributed by atoms with E-state index in [1.807, 2.05) is 37.3 Å². The second-order valence-electron chi connectivity index (χ2n) is 5.36. The van der Waals surface area contributed by atoms with Gasteiger partial charge in [-0.2, -0.15) is 0 Å². The molecule has 2 amide bonds. The first-order valence-corrected chi connectivity index (χ1v) is 8.64. The number of hydrogen-bond acceptors (Lipinski definition) is 3. The van der Waals surface area contributed by atoms with Gasteiger partial charge in [-0.3, -0.25) is 13.8 Å². The zero-order valence-electron chi connectivity index (χ0n) is 12.2. The van der Waals surface area contributed by atoms with Crippen LogP contribution >= 0.6 is 0 Å². The fourth-order valence-corrected chi connectivity index (χ4v) is 3.38. The highest BCUT2D eigenvalue weighted by Gasteiger charge is 2.35. The van der Waals surface area contributed by atoms with Crippen LogP contribution in [0.25, 0.3) is 0 Å². The van der Waals surface area contributed by atoms with E-state index in [0.29, 0.717) is 12.2 Å². The fraction of sp³-hybridized carbons (Fsp3) is 0.467. The number of piperazine rings is 1. The van der Waals surface area contributed by atoms with Crippen LogP contribution in [0, 0.1) is 0 Å². The number of hydrogen-bond donors (Lipinski definition) is 1. The number of benzene rings is 1. The molecular weight excluding hydrogens is 288 g/mol. The standard InChI is InChI=1S/C15H20N2O3S/c1-11(10-21(2)20)17-9-14(18)16-13(15(17)19)8-12-6-4-3-5-7-12/h3-7,11,13H,8-10H2,1-2H3,(H,16,18). The summed E-state index contributed by atoms with van der Waals surface area (Å²) in [5, 5.41) is 2.75. The summed E-state index contributed by atoms with van der Waals surface area (Å²) in [5.74, 6) is 0.123. The van der Waals surface area contributed by atoms with Crippen molar-refractivity contribution in [2.45, 2.75) is 25.4 Å². The molecule has 0 aromatic heterocycles. The molecule has 1 fully saturated rings. The van der Waals surface area contributed by atoms with Crippen molar-refractivity contribution in [1.29, 1.82) is 0 Å². The molecule has 1 aromatic rings. The lowest BCUT2D eigenvalue weighted by atomic mass is 10.0. The van der Waals surface area contributed by atoms with E-state index >= 15 is 0 Å². The van der Waals surface area contributed by atoms with Crippen LogP contribution in [0.5, 0.6) is 0 Å². The Balaban J connectivity index is 2.10. The number of rotatable bonds is 5. The van der Waals surface area contributed by atoms with E-state index in [9.17, 15) is 13.8 Å². The van der Waals surface area contributed by atoms with Gasteiger partial charge in [0.15, 0.2) is 0 Å². The number of carbonyl (C=O) groups excluding carboxylic acids is 2. The van der Waals surface area contributed by atoms with Crippen LogP contribution in [0.15, 0.2) is 30.3 Å². The molecule has 21 heavy (non-hydrogen) atoms. The Morgan fingerprint density at radius 3 is 2.62 bits per heavy atom. The molecule has 1 saturated heterocycles. The third-order valence-electron chi connectivity index (χ3n) is 3.52. The Labute approximate surface area is 127 Å². The molecule has 0 aliphatic carbocycles. The van der Waals surface area contributed by atoms with E-state index in [2.05, 4.69) is 5.32 Å². The molecule has 1 aromatic carbocycles. The summed E-state index contributed by atoms with van der Waals surface area (Å²) in [7, 11) is -0.998. The first kappa shape index (κ1) is 15.7. The van der Waals surface area contributed by atoms with Crippen LogP contribution in [-0.4, -0.2) is 51.6 Å². The van der Waals surface area contributed by atoms with Crippen molar-refractivity contribution in [2.75, 3.05) is 18.6 Å².